The molecule has 6 heteroatoms. The fraction of sp³-hybridized carbons (Fsp3) is 0.286. The molecule has 4 rings (SSSR count). The van der Waals surface area contributed by atoms with E-state index in [0.717, 1.165) is 29.7 Å². The van der Waals surface area contributed by atoms with Crippen LogP contribution >= 0.6 is 0 Å². The van der Waals surface area contributed by atoms with Crippen LogP contribution in [-0.4, -0.2) is 34.6 Å². The molecule has 1 aliphatic heterocycles. The molecule has 6 nitrogen and oxygen atoms in total. The van der Waals surface area contributed by atoms with Crippen molar-refractivity contribution < 1.29 is 14.1 Å². The highest BCUT2D eigenvalue weighted by atomic mass is 16.5. The molecule has 1 aliphatic rings. The Labute approximate surface area is 157 Å². The summed E-state index contributed by atoms with van der Waals surface area (Å²) in [5.74, 6) is 1.71. The Kier molecular flexibility index (Phi) is 4.62. The molecule has 0 saturated carbocycles. The predicted molar refractivity (Wildman–Crippen MR) is 100 cm³/mol. The van der Waals surface area contributed by atoms with Gasteiger partial charge in [0, 0.05) is 17.7 Å². The highest BCUT2D eigenvalue weighted by molar-refractivity contribution is 5.94. The van der Waals surface area contributed by atoms with Crippen molar-refractivity contribution in [3.8, 4) is 17.1 Å². The molecule has 3 aromatic rings. The number of aryl methyl sites for hydroxylation is 1. The minimum Gasteiger partial charge on any atom is -0.497 e. The number of ether oxygens (including phenoxy) is 1. The lowest BCUT2D eigenvalue weighted by atomic mass is 10.1. The van der Waals surface area contributed by atoms with E-state index >= 15 is 0 Å². The molecule has 1 fully saturated rings. The van der Waals surface area contributed by atoms with Gasteiger partial charge in [-0.05, 0) is 44.0 Å². The van der Waals surface area contributed by atoms with Crippen LogP contribution in [0.15, 0.2) is 53.1 Å². The van der Waals surface area contributed by atoms with Crippen molar-refractivity contribution in [2.45, 2.75) is 25.8 Å². The molecule has 0 radical (unpaired) electrons. The van der Waals surface area contributed by atoms with Crippen molar-refractivity contribution in [1.29, 1.82) is 0 Å². The topological polar surface area (TPSA) is 68.5 Å². The zero-order valence-electron chi connectivity index (χ0n) is 15.4. The maximum atomic E-state index is 12.9. The van der Waals surface area contributed by atoms with E-state index in [1.807, 2.05) is 60.4 Å². The molecular weight excluding hydrogens is 342 g/mol. The molecule has 0 spiro atoms. The highest BCUT2D eigenvalue weighted by Crippen LogP contribution is 2.33. The van der Waals surface area contributed by atoms with Crippen molar-refractivity contribution in [1.82, 2.24) is 15.0 Å². The minimum absolute atomic E-state index is 0.00127. The molecular formula is C21H21N3O3. The van der Waals surface area contributed by atoms with Gasteiger partial charge in [0.15, 0.2) is 0 Å². The average molecular weight is 363 g/mol. The van der Waals surface area contributed by atoms with E-state index in [2.05, 4.69) is 10.1 Å². The van der Waals surface area contributed by atoms with Gasteiger partial charge in [-0.2, -0.15) is 4.98 Å². The summed E-state index contributed by atoms with van der Waals surface area (Å²) in [6, 6.07) is 14.9. The standard InChI is InChI=1S/C21H21N3O3/c1-14-8-10-15(11-9-14)21(25)24-12-4-7-18(24)20-22-19(23-27-20)16-5-3-6-17(13-16)26-2/h3,5-6,8-11,13,18H,4,7,12H2,1-2H3/t18-/m1/s1. The largest absolute Gasteiger partial charge is 0.497 e. The normalized spacial score (nSPS) is 16.5. The molecule has 2 aromatic carbocycles. The van der Waals surface area contributed by atoms with Gasteiger partial charge in [0.05, 0.1) is 7.11 Å². The SMILES string of the molecule is COc1cccc(-c2noc([C@H]3CCCN3C(=O)c3ccc(C)cc3)n2)c1. The van der Waals surface area contributed by atoms with Crippen molar-refractivity contribution in [2.75, 3.05) is 13.7 Å². The summed E-state index contributed by atoms with van der Waals surface area (Å²) >= 11 is 0. The number of likely N-dealkylation sites (tertiary alicyclic amines) is 1. The Bertz CT molecular complexity index is 949. The Morgan fingerprint density at radius 1 is 1.22 bits per heavy atom. The molecule has 0 aliphatic carbocycles. The van der Waals surface area contributed by atoms with Gasteiger partial charge in [-0.15, -0.1) is 0 Å². The molecule has 0 bridgehead atoms. The van der Waals surface area contributed by atoms with Crippen LogP contribution in [0, 0.1) is 6.92 Å². The van der Waals surface area contributed by atoms with Crippen LogP contribution in [-0.2, 0) is 0 Å². The Balaban J connectivity index is 1.58. The number of carbonyl (C=O) groups is 1. The summed E-state index contributed by atoms with van der Waals surface area (Å²) < 4.78 is 10.8. The molecule has 1 aromatic heterocycles. The zero-order valence-corrected chi connectivity index (χ0v) is 15.4. The van der Waals surface area contributed by atoms with Crippen LogP contribution in [0.3, 0.4) is 0 Å². The van der Waals surface area contributed by atoms with E-state index in [9.17, 15) is 4.79 Å². The van der Waals surface area contributed by atoms with E-state index in [1.54, 1.807) is 7.11 Å². The molecule has 2 heterocycles. The molecule has 0 unspecified atom stereocenters. The van der Waals surface area contributed by atoms with Crippen molar-refractivity contribution in [3.63, 3.8) is 0 Å². The number of amides is 1. The molecule has 1 atom stereocenters. The first-order chi connectivity index (χ1) is 13.2. The summed E-state index contributed by atoms with van der Waals surface area (Å²) in [6.45, 7) is 2.69. The van der Waals surface area contributed by atoms with Crippen LogP contribution in [0.4, 0.5) is 0 Å². The number of benzene rings is 2. The molecule has 1 saturated heterocycles. The van der Waals surface area contributed by atoms with E-state index in [1.165, 1.54) is 0 Å². The van der Waals surface area contributed by atoms with E-state index in [0.29, 0.717) is 23.8 Å². The second kappa shape index (κ2) is 7.23. The summed E-state index contributed by atoms with van der Waals surface area (Å²) in [5.41, 5.74) is 2.63. The number of hydrogen-bond donors (Lipinski definition) is 0. The van der Waals surface area contributed by atoms with Gasteiger partial charge in [-0.3, -0.25) is 4.79 Å². The molecule has 0 N–H and O–H groups in total. The summed E-state index contributed by atoms with van der Waals surface area (Å²) in [7, 11) is 1.62. The zero-order chi connectivity index (χ0) is 18.8. The Morgan fingerprint density at radius 2 is 2.04 bits per heavy atom. The first-order valence-electron chi connectivity index (χ1n) is 9.01. The number of rotatable bonds is 4. The summed E-state index contributed by atoms with van der Waals surface area (Å²) in [6.07, 6.45) is 1.73. The third kappa shape index (κ3) is 3.43. The van der Waals surface area contributed by atoms with Crippen LogP contribution in [0.2, 0.25) is 0 Å². The third-order valence-corrected chi connectivity index (χ3v) is 4.87. The minimum atomic E-state index is -0.189. The molecule has 1 amide bonds. The second-order valence-corrected chi connectivity index (χ2v) is 6.71. The lowest BCUT2D eigenvalue weighted by molar-refractivity contribution is 0.0710. The smallest absolute Gasteiger partial charge is 0.254 e. The highest BCUT2D eigenvalue weighted by Gasteiger charge is 2.34. The lowest BCUT2D eigenvalue weighted by Crippen LogP contribution is -2.30. The van der Waals surface area contributed by atoms with Gasteiger partial charge in [0.2, 0.25) is 11.7 Å². The van der Waals surface area contributed by atoms with E-state index in [4.69, 9.17) is 9.26 Å². The van der Waals surface area contributed by atoms with Crippen LogP contribution < -0.4 is 4.74 Å². The number of aromatic nitrogens is 2. The molecule has 27 heavy (non-hydrogen) atoms. The second-order valence-electron chi connectivity index (χ2n) is 6.71. The van der Waals surface area contributed by atoms with Crippen LogP contribution in [0.1, 0.15) is 40.7 Å². The predicted octanol–water partition coefficient (Wildman–Crippen LogP) is 4.03. The van der Waals surface area contributed by atoms with Gasteiger partial charge >= 0.3 is 0 Å². The van der Waals surface area contributed by atoms with Crippen molar-refractivity contribution in [3.05, 3.63) is 65.5 Å². The Morgan fingerprint density at radius 3 is 2.81 bits per heavy atom. The van der Waals surface area contributed by atoms with Crippen molar-refractivity contribution >= 4 is 5.91 Å². The summed E-state index contributed by atoms with van der Waals surface area (Å²) in [5, 5.41) is 4.10. The van der Waals surface area contributed by atoms with Gasteiger partial charge in [0.1, 0.15) is 11.8 Å². The number of carbonyl (C=O) groups excluding carboxylic acids is 1. The maximum Gasteiger partial charge on any atom is 0.254 e. The van der Waals surface area contributed by atoms with Gasteiger partial charge < -0.3 is 14.2 Å². The third-order valence-electron chi connectivity index (χ3n) is 4.87. The lowest BCUT2D eigenvalue weighted by Gasteiger charge is -2.22. The van der Waals surface area contributed by atoms with Gasteiger partial charge in [-0.25, -0.2) is 0 Å². The first-order valence-corrected chi connectivity index (χ1v) is 9.01. The first kappa shape index (κ1) is 17.3. The average Bonchev–Trinajstić information content (AvgIpc) is 3.37. The van der Waals surface area contributed by atoms with Gasteiger partial charge in [-0.1, -0.05) is 35.0 Å². The quantitative estimate of drug-likeness (QED) is 0.700. The maximum absolute atomic E-state index is 12.9. The summed E-state index contributed by atoms with van der Waals surface area (Å²) in [4.78, 5) is 19.3. The number of methoxy groups -OCH3 is 1. The van der Waals surface area contributed by atoms with Crippen LogP contribution in [0.5, 0.6) is 5.75 Å². The van der Waals surface area contributed by atoms with Crippen LogP contribution in [0.25, 0.3) is 11.4 Å². The fourth-order valence-electron chi connectivity index (χ4n) is 3.38. The number of nitrogens with zero attached hydrogens (tertiary/aromatic N) is 3. The number of hydrogen-bond acceptors (Lipinski definition) is 5. The van der Waals surface area contributed by atoms with E-state index in [-0.39, 0.29) is 11.9 Å². The van der Waals surface area contributed by atoms with Crippen molar-refractivity contribution in [2.24, 2.45) is 0 Å². The fourth-order valence-corrected chi connectivity index (χ4v) is 3.38. The molecule has 138 valence electrons. The Hall–Kier alpha value is -3.15. The van der Waals surface area contributed by atoms with E-state index < -0.39 is 0 Å². The van der Waals surface area contributed by atoms with Gasteiger partial charge in [0.25, 0.3) is 5.91 Å². The monoisotopic (exact) mass is 363 g/mol.